The van der Waals surface area contributed by atoms with Gasteiger partial charge in [0.1, 0.15) is 6.61 Å². The first kappa shape index (κ1) is 11.1. The summed E-state index contributed by atoms with van der Waals surface area (Å²) < 4.78 is 11.0. The Hall–Kier alpha value is -0.410. The van der Waals surface area contributed by atoms with Gasteiger partial charge in [-0.3, -0.25) is 4.79 Å². The molecule has 0 unspecified atom stereocenters. The normalized spacial score (nSPS) is 38.5. The maximum atomic E-state index is 10.7. The van der Waals surface area contributed by atoms with Crippen molar-refractivity contribution in [1.82, 2.24) is 0 Å². The first-order chi connectivity index (χ1) is 7.13. The van der Waals surface area contributed by atoms with E-state index in [0.29, 0.717) is 17.6 Å². The number of hydrogen-bond acceptors (Lipinski definition) is 3. The van der Waals surface area contributed by atoms with Gasteiger partial charge in [-0.25, -0.2) is 0 Å². The van der Waals surface area contributed by atoms with E-state index < -0.39 is 0 Å². The van der Waals surface area contributed by atoms with Gasteiger partial charge in [0.05, 0.1) is 12.2 Å². The van der Waals surface area contributed by atoms with Crippen LogP contribution in [0.15, 0.2) is 0 Å². The molecule has 0 radical (unpaired) electrons. The molecule has 0 atom stereocenters. The van der Waals surface area contributed by atoms with E-state index in [2.05, 4.69) is 0 Å². The molecule has 2 aliphatic rings. The highest BCUT2D eigenvalue weighted by atomic mass is 16.5. The van der Waals surface area contributed by atoms with Crippen molar-refractivity contribution < 1.29 is 14.3 Å². The highest BCUT2D eigenvalue weighted by Gasteiger charge is 2.53. The number of ketones is 1. The van der Waals surface area contributed by atoms with Crippen LogP contribution in [0.25, 0.3) is 0 Å². The van der Waals surface area contributed by atoms with Crippen molar-refractivity contribution in [3.05, 3.63) is 0 Å². The van der Waals surface area contributed by atoms with Gasteiger partial charge in [-0.05, 0) is 44.9 Å². The fourth-order valence-corrected chi connectivity index (χ4v) is 2.85. The quantitative estimate of drug-likeness (QED) is 0.698. The molecular formula is C12H20O3. The average Bonchev–Trinajstić information content (AvgIpc) is 2.04. The lowest BCUT2D eigenvalue weighted by atomic mass is 9.53. The average molecular weight is 212 g/mol. The van der Waals surface area contributed by atoms with Crippen LogP contribution in [0.3, 0.4) is 0 Å². The summed E-state index contributed by atoms with van der Waals surface area (Å²) in [6.07, 6.45) is 5.47. The third-order valence-corrected chi connectivity index (χ3v) is 3.57. The first-order valence-corrected chi connectivity index (χ1v) is 5.86. The molecule has 0 heterocycles. The van der Waals surface area contributed by atoms with Gasteiger partial charge >= 0.3 is 0 Å². The minimum atomic E-state index is 0.122. The molecule has 1 spiro atoms. The molecular weight excluding hydrogens is 192 g/mol. The van der Waals surface area contributed by atoms with E-state index in [9.17, 15) is 4.79 Å². The summed E-state index contributed by atoms with van der Waals surface area (Å²) in [6.45, 7) is 4.73. The van der Waals surface area contributed by atoms with Gasteiger partial charge in [0, 0.05) is 6.61 Å². The molecule has 0 aliphatic heterocycles. The standard InChI is InChI=1S/C12H20O3/c1-3-14-10-4-12(5-10)6-11(7-12)15-8-9(2)13/h10-11H,3-8H2,1-2H3. The molecule has 0 aromatic carbocycles. The maximum absolute atomic E-state index is 10.7. The molecule has 3 nitrogen and oxygen atoms in total. The summed E-state index contributed by atoms with van der Waals surface area (Å²) in [5, 5.41) is 0. The van der Waals surface area contributed by atoms with Crippen LogP contribution >= 0.6 is 0 Å². The molecule has 2 saturated carbocycles. The third kappa shape index (κ3) is 2.40. The number of carbonyl (C=O) groups excluding carboxylic acids is 1. The molecule has 2 rings (SSSR count). The summed E-state index contributed by atoms with van der Waals surface area (Å²) in [5.74, 6) is 0.122. The predicted octanol–water partition coefficient (Wildman–Crippen LogP) is 1.94. The lowest BCUT2D eigenvalue weighted by molar-refractivity contribution is -0.175. The minimum absolute atomic E-state index is 0.122. The molecule has 2 fully saturated rings. The number of rotatable bonds is 5. The van der Waals surface area contributed by atoms with Crippen molar-refractivity contribution in [3.8, 4) is 0 Å². The van der Waals surface area contributed by atoms with E-state index in [1.807, 2.05) is 6.92 Å². The van der Waals surface area contributed by atoms with E-state index in [1.165, 1.54) is 12.8 Å². The van der Waals surface area contributed by atoms with Crippen LogP contribution in [-0.4, -0.2) is 31.2 Å². The van der Waals surface area contributed by atoms with E-state index in [4.69, 9.17) is 9.47 Å². The van der Waals surface area contributed by atoms with Gasteiger partial charge in [0.25, 0.3) is 0 Å². The topological polar surface area (TPSA) is 35.5 Å². The lowest BCUT2D eigenvalue weighted by Crippen LogP contribution is -2.54. The van der Waals surface area contributed by atoms with E-state index in [1.54, 1.807) is 6.92 Å². The molecule has 86 valence electrons. The van der Waals surface area contributed by atoms with Gasteiger partial charge < -0.3 is 9.47 Å². The molecule has 0 N–H and O–H groups in total. The smallest absolute Gasteiger partial charge is 0.155 e. The number of Topliss-reactive ketones (excluding diaryl/α,β-unsaturated/α-hetero) is 1. The van der Waals surface area contributed by atoms with Crippen molar-refractivity contribution >= 4 is 5.78 Å². The number of hydrogen-bond donors (Lipinski definition) is 0. The summed E-state index contributed by atoms with van der Waals surface area (Å²) in [5.41, 5.74) is 0.515. The predicted molar refractivity (Wildman–Crippen MR) is 56.7 cm³/mol. The Morgan fingerprint density at radius 1 is 1.20 bits per heavy atom. The fraction of sp³-hybridized carbons (Fsp3) is 0.917. The van der Waals surface area contributed by atoms with Crippen LogP contribution in [0, 0.1) is 5.41 Å². The molecule has 0 amide bonds. The molecule has 0 aromatic heterocycles. The van der Waals surface area contributed by atoms with Crippen LogP contribution in [0.4, 0.5) is 0 Å². The Balaban J connectivity index is 1.61. The number of ether oxygens (including phenoxy) is 2. The van der Waals surface area contributed by atoms with Crippen LogP contribution in [0.5, 0.6) is 0 Å². The SMILES string of the molecule is CCOC1CC2(C1)CC(OCC(C)=O)C2. The molecule has 0 bridgehead atoms. The Labute approximate surface area is 91.1 Å². The first-order valence-electron chi connectivity index (χ1n) is 5.86. The maximum Gasteiger partial charge on any atom is 0.155 e. The van der Waals surface area contributed by atoms with Crippen molar-refractivity contribution in [2.45, 2.75) is 51.7 Å². The molecule has 0 saturated heterocycles. The van der Waals surface area contributed by atoms with Gasteiger partial charge in [-0.2, -0.15) is 0 Å². The summed E-state index contributed by atoms with van der Waals surface area (Å²) in [6, 6.07) is 0. The summed E-state index contributed by atoms with van der Waals surface area (Å²) in [4.78, 5) is 10.7. The molecule has 2 aliphatic carbocycles. The zero-order chi connectivity index (χ0) is 10.9. The van der Waals surface area contributed by atoms with Gasteiger partial charge in [0.2, 0.25) is 0 Å². The van der Waals surface area contributed by atoms with Gasteiger partial charge in [0.15, 0.2) is 5.78 Å². The summed E-state index contributed by atoms with van der Waals surface area (Å²) >= 11 is 0. The second-order valence-corrected chi connectivity index (χ2v) is 5.03. The van der Waals surface area contributed by atoms with Crippen LogP contribution in [0.1, 0.15) is 39.5 Å². The van der Waals surface area contributed by atoms with Crippen LogP contribution in [-0.2, 0) is 14.3 Å². The summed E-state index contributed by atoms with van der Waals surface area (Å²) in [7, 11) is 0. The van der Waals surface area contributed by atoms with E-state index in [0.717, 1.165) is 19.4 Å². The zero-order valence-electron chi connectivity index (χ0n) is 9.62. The molecule has 3 heteroatoms. The minimum Gasteiger partial charge on any atom is -0.378 e. The second kappa shape index (κ2) is 4.22. The largest absolute Gasteiger partial charge is 0.378 e. The van der Waals surface area contributed by atoms with Crippen molar-refractivity contribution in [3.63, 3.8) is 0 Å². The van der Waals surface area contributed by atoms with Crippen molar-refractivity contribution in [1.29, 1.82) is 0 Å². The van der Waals surface area contributed by atoms with Gasteiger partial charge in [-0.1, -0.05) is 0 Å². The Kier molecular flexibility index (Phi) is 3.12. The highest BCUT2D eigenvalue weighted by Crippen LogP contribution is 2.57. The van der Waals surface area contributed by atoms with Crippen LogP contribution in [0.2, 0.25) is 0 Å². The van der Waals surface area contributed by atoms with Crippen molar-refractivity contribution in [2.75, 3.05) is 13.2 Å². The van der Waals surface area contributed by atoms with E-state index in [-0.39, 0.29) is 12.4 Å². The monoisotopic (exact) mass is 212 g/mol. The Morgan fingerprint density at radius 2 is 1.73 bits per heavy atom. The fourth-order valence-electron chi connectivity index (χ4n) is 2.85. The van der Waals surface area contributed by atoms with Gasteiger partial charge in [-0.15, -0.1) is 0 Å². The number of carbonyl (C=O) groups is 1. The highest BCUT2D eigenvalue weighted by molar-refractivity contribution is 5.76. The van der Waals surface area contributed by atoms with Crippen LogP contribution < -0.4 is 0 Å². The molecule has 0 aromatic rings. The third-order valence-electron chi connectivity index (χ3n) is 3.57. The van der Waals surface area contributed by atoms with E-state index >= 15 is 0 Å². The lowest BCUT2D eigenvalue weighted by Gasteiger charge is -2.56. The zero-order valence-corrected chi connectivity index (χ0v) is 9.62. The van der Waals surface area contributed by atoms with Crippen molar-refractivity contribution in [2.24, 2.45) is 5.41 Å². The second-order valence-electron chi connectivity index (χ2n) is 5.03. The molecule has 15 heavy (non-hydrogen) atoms. The Bertz CT molecular complexity index is 235. The Morgan fingerprint density at radius 3 is 2.20 bits per heavy atom.